The third-order valence-electron chi connectivity index (χ3n) is 4.39. The molecule has 0 saturated heterocycles. The maximum Gasteiger partial charge on any atom is 0.220 e. The molecule has 0 bridgehead atoms. The Morgan fingerprint density at radius 2 is 1.89 bits per heavy atom. The monoisotopic (exact) mass is 377 g/mol. The summed E-state index contributed by atoms with van der Waals surface area (Å²) in [5.74, 6) is 0.272. The number of nitrogen functional groups attached to an aromatic ring is 1. The first-order valence-electron chi connectivity index (χ1n) is 8.70. The Morgan fingerprint density at radius 1 is 1.11 bits per heavy atom. The van der Waals surface area contributed by atoms with E-state index in [4.69, 9.17) is 22.6 Å². The van der Waals surface area contributed by atoms with Gasteiger partial charge in [0.05, 0.1) is 5.69 Å². The normalized spacial score (nSPS) is 10.4. The predicted octanol–water partition coefficient (Wildman–Crippen LogP) is 4.76. The molecule has 0 aliphatic rings. The Balaban J connectivity index is 1.70. The molecule has 6 heteroatoms. The first kappa shape index (κ1) is 18.7. The number of halogens is 1. The quantitative estimate of drug-likeness (QED) is 0.477. The number of aryl methyl sites for hydroxylation is 2. The van der Waals surface area contributed by atoms with Gasteiger partial charge in [0, 0.05) is 22.0 Å². The lowest BCUT2D eigenvalue weighted by atomic mass is 10.0. The zero-order valence-corrected chi connectivity index (χ0v) is 15.8. The van der Waals surface area contributed by atoms with Crippen molar-refractivity contribution in [2.75, 3.05) is 11.1 Å². The number of aromatic nitrogens is 2. The third-order valence-corrected chi connectivity index (χ3v) is 4.80. The van der Waals surface area contributed by atoms with Gasteiger partial charge in [-0.2, -0.15) is 5.26 Å². The molecule has 27 heavy (non-hydrogen) atoms. The van der Waals surface area contributed by atoms with Crippen molar-refractivity contribution >= 4 is 23.2 Å². The minimum absolute atomic E-state index is 0.272. The largest absolute Gasteiger partial charge is 0.368 e. The lowest BCUT2D eigenvalue weighted by molar-refractivity contribution is 0.797. The highest BCUT2D eigenvalue weighted by molar-refractivity contribution is 6.31. The molecule has 136 valence electrons. The molecule has 0 saturated carbocycles. The van der Waals surface area contributed by atoms with Crippen LogP contribution in [0.15, 0.2) is 48.5 Å². The van der Waals surface area contributed by atoms with E-state index in [-0.39, 0.29) is 5.95 Å². The van der Waals surface area contributed by atoms with Crippen LogP contribution >= 0.6 is 11.6 Å². The van der Waals surface area contributed by atoms with Crippen molar-refractivity contribution in [3.05, 3.63) is 70.4 Å². The zero-order chi connectivity index (χ0) is 19.2. The van der Waals surface area contributed by atoms with Gasteiger partial charge in [0.15, 0.2) is 6.19 Å². The molecule has 2 aromatic carbocycles. The molecular formula is C21H20ClN5. The van der Waals surface area contributed by atoms with Crippen LogP contribution in [0.2, 0.25) is 5.02 Å². The summed E-state index contributed by atoms with van der Waals surface area (Å²) in [6.07, 6.45) is 4.58. The molecule has 3 aromatic rings. The Kier molecular flexibility index (Phi) is 5.90. The van der Waals surface area contributed by atoms with Gasteiger partial charge in [-0.25, -0.2) is 9.97 Å². The number of anilines is 2. The van der Waals surface area contributed by atoms with Crippen molar-refractivity contribution in [1.29, 1.82) is 5.26 Å². The van der Waals surface area contributed by atoms with Crippen LogP contribution in [-0.2, 0) is 12.8 Å². The summed E-state index contributed by atoms with van der Waals surface area (Å²) in [5, 5.41) is 12.0. The summed E-state index contributed by atoms with van der Waals surface area (Å²) in [6, 6.07) is 15.6. The third kappa shape index (κ3) is 4.75. The molecule has 1 aromatic heterocycles. The second-order valence-corrected chi connectivity index (χ2v) is 6.71. The van der Waals surface area contributed by atoms with Crippen molar-refractivity contribution in [2.45, 2.75) is 26.2 Å². The standard InChI is InChI=1S/C21H20ClN5/c1-14-18(6-3-7-19(14)22)20-12-17(26-21(24)27-20)5-2-4-15-8-10-16(11-9-15)25-13-23/h3,6-12,25H,2,4-5H2,1H3,(H2,24,26,27). The van der Waals surface area contributed by atoms with E-state index in [9.17, 15) is 0 Å². The molecule has 0 unspecified atom stereocenters. The predicted molar refractivity (Wildman–Crippen MR) is 109 cm³/mol. The molecule has 0 amide bonds. The number of hydrogen-bond donors (Lipinski definition) is 2. The fourth-order valence-corrected chi connectivity index (χ4v) is 3.14. The van der Waals surface area contributed by atoms with Gasteiger partial charge in [-0.3, -0.25) is 5.32 Å². The van der Waals surface area contributed by atoms with Gasteiger partial charge in [0.1, 0.15) is 0 Å². The van der Waals surface area contributed by atoms with Crippen LogP contribution in [0.5, 0.6) is 0 Å². The fraction of sp³-hybridized carbons (Fsp3) is 0.190. The topological polar surface area (TPSA) is 87.6 Å². The Morgan fingerprint density at radius 3 is 2.63 bits per heavy atom. The Bertz CT molecular complexity index is 977. The second-order valence-electron chi connectivity index (χ2n) is 6.30. The van der Waals surface area contributed by atoms with Crippen LogP contribution in [0.4, 0.5) is 11.6 Å². The van der Waals surface area contributed by atoms with Gasteiger partial charge in [-0.15, -0.1) is 0 Å². The fourth-order valence-electron chi connectivity index (χ4n) is 2.96. The maximum absolute atomic E-state index is 8.63. The van der Waals surface area contributed by atoms with Crippen molar-refractivity contribution in [3.63, 3.8) is 0 Å². The number of nitrogens with one attached hydrogen (secondary N) is 1. The summed E-state index contributed by atoms with van der Waals surface area (Å²) >= 11 is 6.23. The Labute approximate surface area is 163 Å². The first-order valence-corrected chi connectivity index (χ1v) is 9.07. The minimum Gasteiger partial charge on any atom is -0.368 e. The smallest absolute Gasteiger partial charge is 0.220 e. The highest BCUT2D eigenvalue weighted by Crippen LogP contribution is 2.28. The van der Waals surface area contributed by atoms with E-state index in [1.165, 1.54) is 5.56 Å². The average Bonchev–Trinajstić information content (AvgIpc) is 2.65. The van der Waals surface area contributed by atoms with Gasteiger partial charge >= 0.3 is 0 Å². The minimum atomic E-state index is 0.272. The van der Waals surface area contributed by atoms with Gasteiger partial charge in [0.25, 0.3) is 0 Å². The van der Waals surface area contributed by atoms with E-state index >= 15 is 0 Å². The molecule has 0 fully saturated rings. The van der Waals surface area contributed by atoms with Crippen molar-refractivity contribution in [3.8, 4) is 17.5 Å². The highest BCUT2D eigenvalue weighted by atomic mass is 35.5. The average molecular weight is 378 g/mol. The van der Waals surface area contributed by atoms with E-state index in [0.717, 1.165) is 47.5 Å². The lowest BCUT2D eigenvalue weighted by Gasteiger charge is -2.10. The molecule has 5 nitrogen and oxygen atoms in total. The van der Waals surface area contributed by atoms with E-state index in [0.29, 0.717) is 5.02 Å². The highest BCUT2D eigenvalue weighted by Gasteiger charge is 2.09. The van der Waals surface area contributed by atoms with Crippen LogP contribution in [-0.4, -0.2) is 9.97 Å². The summed E-state index contributed by atoms with van der Waals surface area (Å²) < 4.78 is 0. The SMILES string of the molecule is Cc1c(Cl)cccc1-c1cc(CCCc2ccc(NC#N)cc2)nc(N)n1. The summed E-state index contributed by atoms with van der Waals surface area (Å²) in [5.41, 5.74) is 11.6. The van der Waals surface area contributed by atoms with E-state index in [2.05, 4.69) is 15.3 Å². The number of benzene rings is 2. The van der Waals surface area contributed by atoms with Crippen LogP contribution < -0.4 is 11.1 Å². The molecule has 0 spiro atoms. The van der Waals surface area contributed by atoms with Crippen molar-refractivity contribution in [1.82, 2.24) is 9.97 Å². The first-order chi connectivity index (χ1) is 13.1. The lowest BCUT2D eigenvalue weighted by Crippen LogP contribution is -2.02. The van der Waals surface area contributed by atoms with Crippen molar-refractivity contribution in [2.24, 2.45) is 0 Å². The number of hydrogen-bond acceptors (Lipinski definition) is 5. The van der Waals surface area contributed by atoms with E-state index in [1.807, 2.05) is 61.6 Å². The van der Waals surface area contributed by atoms with Crippen LogP contribution in [0.1, 0.15) is 23.2 Å². The van der Waals surface area contributed by atoms with E-state index in [1.54, 1.807) is 0 Å². The van der Waals surface area contributed by atoms with Gasteiger partial charge in [0.2, 0.25) is 5.95 Å². The van der Waals surface area contributed by atoms with Crippen LogP contribution in [0.25, 0.3) is 11.3 Å². The molecular weight excluding hydrogens is 358 g/mol. The molecule has 0 aliphatic carbocycles. The molecule has 3 N–H and O–H groups in total. The number of nitriles is 1. The van der Waals surface area contributed by atoms with Crippen LogP contribution in [0.3, 0.4) is 0 Å². The molecule has 0 radical (unpaired) electrons. The summed E-state index contributed by atoms with van der Waals surface area (Å²) in [4.78, 5) is 8.74. The number of nitrogens with zero attached hydrogens (tertiary/aromatic N) is 3. The molecule has 0 aliphatic heterocycles. The summed E-state index contributed by atoms with van der Waals surface area (Å²) in [7, 11) is 0. The van der Waals surface area contributed by atoms with E-state index < -0.39 is 0 Å². The Hall–Kier alpha value is -3.10. The number of rotatable bonds is 6. The molecule has 0 atom stereocenters. The van der Waals surface area contributed by atoms with Gasteiger partial charge < -0.3 is 5.73 Å². The van der Waals surface area contributed by atoms with Gasteiger partial charge in [-0.1, -0.05) is 35.9 Å². The number of nitrogens with two attached hydrogens (primary N) is 1. The zero-order valence-electron chi connectivity index (χ0n) is 15.0. The second kappa shape index (κ2) is 8.52. The molecule has 1 heterocycles. The molecule has 3 rings (SSSR count). The maximum atomic E-state index is 8.63. The van der Waals surface area contributed by atoms with Crippen molar-refractivity contribution < 1.29 is 0 Å². The van der Waals surface area contributed by atoms with Crippen LogP contribution in [0, 0.1) is 18.4 Å². The van der Waals surface area contributed by atoms with Gasteiger partial charge in [-0.05, 0) is 61.6 Å². The summed E-state index contributed by atoms with van der Waals surface area (Å²) in [6.45, 7) is 1.97.